The van der Waals surface area contributed by atoms with Crippen LogP contribution in [0.1, 0.15) is 41.1 Å². The molecule has 2 aromatic carbocycles. The van der Waals surface area contributed by atoms with Gasteiger partial charge < -0.3 is 19.3 Å². The first-order chi connectivity index (χ1) is 13.7. The van der Waals surface area contributed by atoms with Gasteiger partial charge in [0.05, 0.1) is 26.7 Å². The summed E-state index contributed by atoms with van der Waals surface area (Å²) in [6.07, 6.45) is 3.83. The van der Waals surface area contributed by atoms with Gasteiger partial charge in [0.2, 0.25) is 5.91 Å². The molecule has 0 spiro atoms. The SMILES string of the molecule is COc1cc2c(cc1OC)C1Cc3cc(N4CCCC4)ccc3CN1C(=O)C2. The summed E-state index contributed by atoms with van der Waals surface area (Å²) < 4.78 is 11.0. The number of carbonyl (C=O) groups excluding carboxylic acids is 1. The number of nitrogens with zero attached hydrogens (tertiary/aromatic N) is 2. The maximum Gasteiger partial charge on any atom is 0.227 e. The van der Waals surface area contributed by atoms with Crippen molar-refractivity contribution >= 4 is 11.6 Å². The van der Waals surface area contributed by atoms with Crippen molar-refractivity contribution in [1.29, 1.82) is 0 Å². The standard InChI is InChI=1S/C23H26N2O3/c1-27-21-11-17-12-23(26)25-14-15-5-6-18(24-7-3-4-8-24)9-16(15)10-20(25)19(17)13-22(21)28-2/h5-6,9,11,13,20H,3-4,7-8,10,12,14H2,1-2H3. The molecule has 0 saturated carbocycles. The van der Waals surface area contributed by atoms with E-state index in [1.165, 1.54) is 35.2 Å². The molecule has 1 unspecified atom stereocenters. The molecule has 5 nitrogen and oxygen atoms in total. The van der Waals surface area contributed by atoms with Gasteiger partial charge in [-0.25, -0.2) is 0 Å². The minimum absolute atomic E-state index is 0.0670. The molecule has 3 aliphatic rings. The zero-order valence-corrected chi connectivity index (χ0v) is 16.5. The maximum absolute atomic E-state index is 12.9. The lowest BCUT2D eigenvalue weighted by Gasteiger charge is -2.42. The quantitative estimate of drug-likeness (QED) is 0.820. The Kier molecular flexibility index (Phi) is 4.18. The van der Waals surface area contributed by atoms with Crippen molar-refractivity contribution in [2.75, 3.05) is 32.2 Å². The molecule has 1 saturated heterocycles. The van der Waals surface area contributed by atoms with Gasteiger partial charge in [-0.3, -0.25) is 4.79 Å². The van der Waals surface area contributed by atoms with Crippen LogP contribution in [-0.4, -0.2) is 38.1 Å². The van der Waals surface area contributed by atoms with Crippen LogP contribution in [0.4, 0.5) is 5.69 Å². The van der Waals surface area contributed by atoms with Gasteiger partial charge in [-0.1, -0.05) is 6.07 Å². The van der Waals surface area contributed by atoms with Gasteiger partial charge in [0.15, 0.2) is 11.5 Å². The van der Waals surface area contributed by atoms with E-state index in [-0.39, 0.29) is 11.9 Å². The summed E-state index contributed by atoms with van der Waals surface area (Å²) in [5, 5.41) is 0. The highest BCUT2D eigenvalue weighted by Gasteiger charge is 2.37. The van der Waals surface area contributed by atoms with Crippen molar-refractivity contribution in [3.05, 3.63) is 52.6 Å². The molecule has 28 heavy (non-hydrogen) atoms. The first-order valence-corrected chi connectivity index (χ1v) is 10.1. The summed E-state index contributed by atoms with van der Waals surface area (Å²) in [6, 6.07) is 10.9. The summed E-state index contributed by atoms with van der Waals surface area (Å²) in [5.74, 6) is 1.61. The van der Waals surface area contributed by atoms with Gasteiger partial charge in [0.25, 0.3) is 0 Å². The summed E-state index contributed by atoms with van der Waals surface area (Å²) in [5.41, 5.74) is 6.20. The van der Waals surface area contributed by atoms with Gasteiger partial charge in [-0.05, 0) is 65.8 Å². The lowest BCUT2D eigenvalue weighted by molar-refractivity contribution is -0.135. The lowest BCUT2D eigenvalue weighted by Crippen LogP contribution is -2.43. The average molecular weight is 378 g/mol. The number of hydrogen-bond donors (Lipinski definition) is 0. The normalized spacial score (nSPS) is 20.5. The minimum atomic E-state index is 0.0670. The van der Waals surface area contributed by atoms with Crippen LogP contribution < -0.4 is 14.4 Å². The van der Waals surface area contributed by atoms with Crippen molar-refractivity contribution in [1.82, 2.24) is 4.90 Å². The number of amides is 1. The average Bonchev–Trinajstić information content (AvgIpc) is 3.26. The Balaban J connectivity index is 1.54. The first-order valence-electron chi connectivity index (χ1n) is 10.1. The summed E-state index contributed by atoms with van der Waals surface area (Å²) in [7, 11) is 3.30. The molecule has 1 fully saturated rings. The molecule has 146 valence electrons. The number of ether oxygens (including phenoxy) is 2. The van der Waals surface area contributed by atoms with Crippen molar-refractivity contribution < 1.29 is 14.3 Å². The predicted molar refractivity (Wildman–Crippen MR) is 108 cm³/mol. The monoisotopic (exact) mass is 378 g/mol. The smallest absolute Gasteiger partial charge is 0.227 e. The molecule has 0 N–H and O–H groups in total. The van der Waals surface area contributed by atoms with Gasteiger partial charge in [-0.2, -0.15) is 0 Å². The van der Waals surface area contributed by atoms with Gasteiger partial charge >= 0.3 is 0 Å². The number of methoxy groups -OCH3 is 2. The first kappa shape index (κ1) is 17.4. The highest BCUT2D eigenvalue weighted by Crippen LogP contribution is 2.43. The third kappa shape index (κ3) is 2.72. The van der Waals surface area contributed by atoms with E-state index in [2.05, 4.69) is 29.2 Å². The number of fused-ring (bicyclic) bond motifs is 4. The van der Waals surface area contributed by atoms with Crippen LogP contribution in [0, 0.1) is 0 Å². The molecule has 1 amide bonds. The third-order valence-corrected chi connectivity index (χ3v) is 6.46. The van der Waals surface area contributed by atoms with Crippen LogP contribution in [-0.2, 0) is 24.2 Å². The molecule has 2 aromatic rings. The Labute approximate surface area is 165 Å². The molecular weight excluding hydrogens is 352 g/mol. The zero-order valence-electron chi connectivity index (χ0n) is 16.5. The Hall–Kier alpha value is -2.69. The van der Waals surface area contributed by atoms with E-state index in [4.69, 9.17) is 9.47 Å². The Morgan fingerprint density at radius 1 is 0.929 bits per heavy atom. The van der Waals surface area contributed by atoms with Crippen LogP contribution in [0.2, 0.25) is 0 Å². The predicted octanol–water partition coefficient (Wildman–Crippen LogP) is 3.49. The van der Waals surface area contributed by atoms with E-state index in [0.717, 1.165) is 30.8 Å². The summed E-state index contributed by atoms with van der Waals surface area (Å²) in [4.78, 5) is 17.4. The Morgan fingerprint density at radius 3 is 2.43 bits per heavy atom. The highest BCUT2D eigenvalue weighted by atomic mass is 16.5. The molecular formula is C23H26N2O3. The van der Waals surface area contributed by atoms with Gasteiger partial charge in [0.1, 0.15) is 0 Å². The Morgan fingerprint density at radius 2 is 1.68 bits per heavy atom. The molecule has 0 aliphatic carbocycles. The van der Waals surface area contributed by atoms with Crippen LogP contribution >= 0.6 is 0 Å². The van der Waals surface area contributed by atoms with Crippen molar-refractivity contribution in [3.63, 3.8) is 0 Å². The van der Waals surface area contributed by atoms with E-state index in [1.807, 2.05) is 11.0 Å². The second-order valence-electron chi connectivity index (χ2n) is 7.97. The van der Waals surface area contributed by atoms with Gasteiger partial charge in [0, 0.05) is 25.3 Å². The van der Waals surface area contributed by atoms with E-state index >= 15 is 0 Å². The highest BCUT2D eigenvalue weighted by molar-refractivity contribution is 5.83. The lowest BCUT2D eigenvalue weighted by atomic mass is 9.83. The van der Waals surface area contributed by atoms with E-state index in [1.54, 1.807) is 14.2 Å². The number of hydrogen-bond acceptors (Lipinski definition) is 4. The maximum atomic E-state index is 12.9. The van der Waals surface area contributed by atoms with Crippen molar-refractivity contribution in [2.45, 2.75) is 38.3 Å². The van der Waals surface area contributed by atoms with Crippen LogP contribution in [0.25, 0.3) is 0 Å². The van der Waals surface area contributed by atoms with E-state index in [0.29, 0.717) is 18.7 Å². The second kappa shape index (κ2) is 6.73. The molecule has 3 aliphatic heterocycles. The topological polar surface area (TPSA) is 42.0 Å². The minimum Gasteiger partial charge on any atom is -0.493 e. The molecule has 0 bridgehead atoms. The number of carbonyl (C=O) groups is 1. The largest absolute Gasteiger partial charge is 0.493 e. The fraction of sp³-hybridized carbons (Fsp3) is 0.435. The van der Waals surface area contributed by atoms with E-state index in [9.17, 15) is 4.79 Å². The van der Waals surface area contributed by atoms with E-state index < -0.39 is 0 Å². The Bertz CT molecular complexity index is 934. The molecule has 5 rings (SSSR count). The third-order valence-electron chi connectivity index (χ3n) is 6.46. The summed E-state index contributed by atoms with van der Waals surface area (Å²) >= 11 is 0. The molecule has 0 radical (unpaired) electrons. The fourth-order valence-electron chi connectivity index (χ4n) is 4.95. The number of rotatable bonds is 3. The van der Waals surface area contributed by atoms with Crippen LogP contribution in [0.15, 0.2) is 30.3 Å². The fourth-order valence-corrected chi connectivity index (χ4v) is 4.95. The molecule has 0 aromatic heterocycles. The van der Waals surface area contributed by atoms with Crippen molar-refractivity contribution in [2.24, 2.45) is 0 Å². The van der Waals surface area contributed by atoms with Gasteiger partial charge in [-0.15, -0.1) is 0 Å². The number of anilines is 1. The molecule has 5 heteroatoms. The molecule has 1 atom stereocenters. The van der Waals surface area contributed by atoms with Crippen molar-refractivity contribution in [3.8, 4) is 11.5 Å². The second-order valence-corrected chi connectivity index (χ2v) is 7.97. The molecule has 3 heterocycles. The summed E-state index contributed by atoms with van der Waals surface area (Å²) in [6.45, 7) is 2.98. The zero-order chi connectivity index (χ0) is 19.3. The van der Waals surface area contributed by atoms with Crippen LogP contribution in [0.3, 0.4) is 0 Å². The number of benzene rings is 2. The van der Waals surface area contributed by atoms with Crippen LogP contribution in [0.5, 0.6) is 11.5 Å².